The van der Waals surface area contributed by atoms with Gasteiger partial charge in [-0.2, -0.15) is 0 Å². The number of carbonyl (C=O) groups is 3. The minimum absolute atomic E-state index is 0.0397. The van der Waals surface area contributed by atoms with Crippen LogP contribution in [0.5, 0.6) is 0 Å². The molecule has 1 aliphatic carbocycles. The Kier molecular flexibility index (Phi) is 5.02. The summed E-state index contributed by atoms with van der Waals surface area (Å²) in [6, 6.07) is 7.12. The van der Waals surface area contributed by atoms with Crippen LogP contribution in [0.3, 0.4) is 0 Å². The third-order valence-corrected chi connectivity index (χ3v) is 5.56. The van der Waals surface area contributed by atoms with Gasteiger partial charge in [0.1, 0.15) is 18.7 Å². The summed E-state index contributed by atoms with van der Waals surface area (Å²) in [6.07, 6.45) is 2.20. The van der Waals surface area contributed by atoms with Gasteiger partial charge in [0.15, 0.2) is 0 Å². The van der Waals surface area contributed by atoms with Crippen molar-refractivity contribution in [2.75, 3.05) is 6.54 Å². The molecule has 2 fully saturated rings. The minimum atomic E-state index is -0.894. The van der Waals surface area contributed by atoms with E-state index in [-0.39, 0.29) is 24.5 Å². The summed E-state index contributed by atoms with van der Waals surface area (Å²) in [4.78, 5) is 38.7. The van der Waals surface area contributed by atoms with Crippen molar-refractivity contribution >= 4 is 17.9 Å². The van der Waals surface area contributed by atoms with Crippen molar-refractivity contribution in [1.29, 1.82) is 0 Å². The van der Waals surface area contributed by atoms with Crippen molar-refractivity contribution in [3.8, 4) is 0 Å². The topological polar surface area (TPSA) is 75.7 Å². The molecule has 1 N–H and O–H groups in total. The van der Waals surface area contributed by atoms with E-state index in [1.54, 1.807) is 0 Å². The first-order chi connectivity index (χ1) is 12.6. The van der Waals surface area contributed by atoms with Gasteiger partial charge in [-0.05, 0) is 48.6 Å². The maximum absolute atomic E-state index is 13.0. The summed E-state index contributed by atoms with van der Waals surface area (Å²) < 4.78 is 5.29. The van der Waals surface area contributed by atoms with Crippen molar-refractivity contribution < 1.29 is 19.1 Å². The lowest BCUT2D eigenvalue weighted by molar-refractivity contribution is -0.149. The molecule has 1 spiro atoms. The Hall–Kier alpha value is -2.37. The molecule has 0 aromatic heterocycles. The molecule has 3 rings (SSSR count). The second-order valence-electron chi connectivity index (χ2n) is 8.85. The fourth-order valence-electron chi connectivity index (χ4n) is 4.75. The Bertz CT molecular complexity index is 773. The number of amides is 3. The zero-order chi connectivity index (χ0) is 19.8. The van der Waals surface area contributed by atoms with E-state index < -0.39 is 17.5 Å². The van der Waals surface area contributed by atoms with Gasteiger partial charge in [-0.3, -0.25) is 14.5 Å². The fraction of sp³-hybridized carbons (Fsp3) is 0.571. The molecule has 27 heavy (non-hydrogen) atoms. The van der Waals surface area contributed by atoms with Crippen LogP contribution in [0, 0.1) is 18.3 Å². The number of carbonyl (C=O) groups excluding carboxylic acids is 3. The van der Waals surface area contributed by atoms with Crippen LogP contribution in [0.15, 0.2) is 24.3 Å². The molecule has 1 aromatic carbocycles. The average molecular weight is 372 g/mol. The molecule has 1 aromatic rings. The molecule has 2 atom stereocenters. The normalized spacial score (nSPS) is 27.0. The van der Waals surface area contributed by atoms with E-state index in [1.165, 1.54) is 0 Å². The van der Waals surface area contributed by atoms with E-state index >= 15 is 0 Å². The number of ether oxygens (including phenoxy) is 1. The first-order valence-electron chi connectivity index (χ1n) is 9.46. The van der Waals surface area contributed by atoms with Crippen molar-refractivity contribution in [3.05, 3.63) is 35.4 Å². The lowest BCUT2D eigenvalue weighted by atomic mass is 9.64. The molecule has 3 amide bonds. The van der Waals surface area contributed by atoms with Crippen LogP contribution in [0.25, 0.3) is 0 Å². The number of imide groups is 1. The van der Waals surface area contributed by atoms with E-state index in [4.69, 9.17) is 4.74 Å². The van der Waals surface area contributed by atoms with E-state index in [0.29, 0.717) is 18.8 Å². The molecule has 1 heterocycles. The van der Waals surface area contributed by atoms with E-state index in [1.807, 2.05) is 31.2 Å². The molecule has 2 aliphatic rings. The summed E-state index contributed by atoms with van der Waals surface area (Å²) in [5, 5.41) is 2.87. The highest BCUT2D eigenvalue weighted by Gasteiger charge is 2.56. The van der Waals surface area contributed by atoms with Gasteiger partial charge in [-0.25, -0.2) is 4.79 Å². The zero-order valence-electron chi connectivity index (χ0n) is 16.5. The number of aryl methyl sites for hydroxylation is 1. The Morgan fingerprint density at radius 2 is 1.96 bits per heavy atom. The Morgan fingerprint density at radius 3 is 2.63 bits per heavy atom. The summed E-state index contributed by atoms with van der Waals surface area (Å²) >= 11 is 0. The van der Waals surface area contributed by atoms with Crippen molar-refractivity contribution in [2.45, 2.75) is 59.1 Å². The van der Waals surface area contributed by atoms with Crippen LogP contribution in [0.2, 0.25) is 0 Å². The van der Waals surface area contributed by atoms with Crippen LogP contribution in [0.1, 0.15) is 51.2 Å². The highest BCUT2D eigenvalue weighted by Crippen LogP contribution is 2.46. The van der Waals surface area contributed by atoms with Crippen LogP contribution in [-0.2, 0) is 20.9 Å². The molecule has 6 heteroatoms. The Balaban J connectivity index is 1.65. The second kappa shape index (κ2) is 6.98. The van der Waals surface area contributed by atoms with Gasteiger partial charge in [0.05, 0.1) is 0 Å². The van der Waals surface area contributed by atoms with Crippen molar-refractivity contribution in [2.24, 2.45) is 11.3 Å². The lowest BCUT2D eigenvalue weighted by Gasteiger charge is -2.43. The monoisotopic (exact) mass is 372 g/mol. The van der Waals surface area contributed by atoms with Crippen LogP contribution in [-0.4, -0.2) is 34.9 Å². The van der Waals surface area contributed by atoms with Gasteiger partial charge in [0.2, 0.25) is 0 Å². The highest BCUT2D eigenvalue weighted by molar-refractivity contribution is 6.08. The molecule has 0 radical (unpaired) electrons. The predicted molar refractivity (Wildman–Crippen MR) is 101 cm³/mol. The fourth-order valence-corrected chi connectivity index (χ4v) is 4.75. The Labute approximate surface area is 160 Å². The number of benzene rings is 1. The first kappa shape index (κ1) is 19.4. The molecular weight excluding hydrogens is 344 g/mol. The predicted octanol–water partition coefficient (Wildman–Crippen LogP) is 3.18. The molecular formula is C21H28N2O4. The lowest BCUT2D eigenvalue weighted by Crippen LogP contribution is -2.54. The minimum Gasteiger partial charge on any atom is -0.459 e. The standard InChI is InChI=1S/C21H28N2O4/c1-14-9-20(3,4)13-21(10-14)18(25)23(19(26)22-21)11-17(24)27-12-16-8-6-5-7-15(16)2/h5-8,14H,9-13H2,1-4H3,(H,22,26)/t14-,21-/m0/s1. The summed E-state index contributed by atoms with van der Waals surface area (Å²) in [6.45, 7) is 8.04. The van der Waals surface area contributed by atoms with Gasteiger partial charge in [0, 0.05) is 0 Å². The number of esters is 1. The maximum Gasteiger partial charge on any atom is 0.326 e. The third-order valence-electron chi connectivity index (χ3n) is 5.56. The summed E-state index contributed by atoms with van der Waals surface area (Å²) in [5.74, 6) is -0.562. The smallest absolute Gasteiger partial charge is 0.326 e. The molecule has 6 nitrogen and oxygen atoms in total. The van der Waals surface area contributed by atoms with Crippen LogP contribution < -0.4 is 5.32 Å². The quantitative estimate of drug-likeness (QED) is 0.651. The van der Waals surface area contributed by atoms with Gasteiger partial charge in [-0.15, -0.1) is 0 Å². The number of nitrogens with zero attached hydrogens (tertiary/aromatic N) is 1. The van der Waals surface area contributed by atoms with Crippen molar-refractivity contribution in [1.82, 2.24) is 10.2 Å². The van der Waals surface area contributed by atoms with E-state index in [9.17, 15) is 14.4 Å². The van der Waals surface area contributed by atoms with Gasteiger partial charge in [-0.1, -0.05) is 45.0 Å². The molecule has 146 valence electrons. The van der Waals surface area contributed by atoms with E-state index in [0.717, 1.165) is 22.4 Å². The van der Waals surface area contributed by atoms with Crippen molar-refractivity contribution in [3.63, 3.8) is 0 Å². The number of rotatable bonds is 4. The molecule has 1 saturated heterocycles. The van der Waals surface area contributed by atoms with Crippen LogP contribution >= 0.6 is 0 Å². The number of urea groups is 1. The van der Waals surface area contributed by atoms with Gasteiger partial charge < -0.3 is 10.1 Å². The van der Waals surface area contributed by atoms with Crippen LogP contribution in [0.4, 0.5) is 4.79 Å². The van der Waals surface area contributed by atoms with Gasteiger partial charge >= 0.3 is 12.0 Å². The molecule has 1 saturated carbocycles. The summed E-state index contributed by atoms with van der Waals surface area (Å²) in [5.41, 5.74) is 0.997. The Morgan fingerprint density at radius 1 is 1.26 bits per heavy atom. The molecule has 1 aliphatic heterocycles. The second-order valence-corrected chi connectivity index (χ2v) is 8.85. The first-order valence-corrected chi connectivity index (χ1v) is 9.46. The SMILES string of the molecule is Cc1ccccc1COC(=O)CN1C(=O)N[C@]2(C[C@@H](C)CC(C)(C)C2)C1=O. The van der Waals surface area contributed by atoms with Gasteiger partial charge in [0.25, 0.3) is 5.91 Å². The largest absolute Gasteiger partial charge is 0.459 e. The molecule has 0 bridgehead atoms. The number of hydrogen-bond donors (Lipinski definition) is 1. The maximum atomic E-state index is 13.0. The number of hydrogen-bond acceptors (Lipinski definition) is 4. The third kappa shape index (κ3) is 3.99. The summed E-state index contributed by atoms with van der Waals surface area (Å²) in [7, 11) is 0. The average Bonchev–Trinajstić information content (AvgIpc) is 2.75. The number of nitrogens with one attached hydrogen (secondary N) is 1. The highest BCUT2D eigenvalue weighted by atomic mass is 16.5. The zero-order valence-corrected chi connectivity index (χ0v) is 16.5. The molecule has 0 unspecified atom stereocenters. The van der Waals surface area contributed by atoms with E-state index in [2.05, 4.69) is 26.1 Å².